The van der Waals surface area contributed by atoms with Crippen molar-refractivity contribution >= 4 is 27.3 Å². The molecule has 0 spiro atoms. The van der Waals surface area contributed by atoms with Crippen molar-refractivity contribution in [3.05, 3.63) is 20.8 Å². The smallest absolute Gasteiger partial charge is 0.0701 e. The molecule has 1 nitrogen and oxygen atoms in total. The molecule has 3 heteroatoms. The lowest BCUT2D eigenvalue weighted by Gasteiger charge is -2.14. The third-order valence-corrected chi connectivity index (χ3v) is 5.27. The van der Waals surface area contributed by atoms with Crippen molar-refractivity contribution in [2.45, 2.75) is 44.9 Å². The molecule has 2 rings (SSSR count). The van der Waals surface area contributed by atoms with Gasteiger partial charge in [0.2, 0.25) is 0 Å². The standard InChI is InChI=1S/C14H22BrNS/c15-14-8-7-13(17-14)9-10-16-11-12-5-3-1-2-4-6-12/h7-8,12,16H,1-6,9-11H2. The topological polar surface area (TPSA) is 12.0 Å². The lowest BCUT2D eigenvalue weighted by molar-refractivity contribution is 0.427. The minimum Gasteiger partial charge on any atom is -0.316 e. The van der Waals surface area contributed by atoms with Gasteiger partial charge in [-0.2, -0.15) is 0 Å². The van der Waals surface area contributed by atoms with Crippen molar-refractivity contribution in [1.82, 2.24) is 5.32 Å². The highest BCUT2D eigenvalue weighted by molar-refractivity contribution is 9.11. The summed E-state index contributed by atoms with van der Waals surface area (Å²) in [7, 11) is 0. The van der Waals surface area contributed by atoms with Crippen LogP contribution in [0.5, 0.6) is 0 Å². The van der Waals surface area contributed by atoms with Crippen molar-refractivity contribution in [2.24, 2.45) is 5.92 Å². The highest BCUT2D eigenvalue weighted by atomic mass is 79.9. The van der Waals surface area contributed by atoms with Gasteiger partial charge >= 0.3 is 0 Å². The molecule has 1 aromatic rings. The predicted molar refractivity (Wildman–Crippen MR) is 79.8 cm³/mol. The first-order chi connectivity index (χ1) is 8.34. The van der Waals surface area contributed by atoms with E-state index in [9.17, 15) is 0 Å². The Morgan fingerprint density at radius 2 is 1.94 bits per heavy atom. The molecule has 0 aliphatic heterocycles. The molecular weight excluding hydrogens is 294 g/mol. The number of rotatable bonds is 5. The Hall–Kier alpha value is 0.140. The Bertz CT molecular complexity index is 316. The normalized spacial score (nSPS) is 18.2. The van der Waals surface area contributed by atoms with Crippen LogP contribution in [-0.4, -0.2) is 13.1 Å². The molecule has 0 unspecified atom stereocenters. The molecule has 96 valence electrons. The molecule has 1 aromatic heterocycles. The molecule has 0 amide bonds. The molecule has 1 fully saturated rings. The van der Waals surface area contributed by atoms with E-state index in [1.54, 1.807) is 0 Å². The molecule has 17 heavy (non-hydrogen) atoms. The van der Waals surface area contributed by atoms with Gasteiger partial charge in [0, 0.05) is 4.88 Å². The fraction of sp³-hybridized carbons (Fsp3) is 0.714. The highest BCUT2D eigenvalue weighted by Gasteiger charge is 2.11. The van der Waals surface area contributed by atoms with Gasteiger partial charge in [0.05, 0.1) is 3.79 Å². The van der Waals surface area contributed by atoms with Crippen molar-refractivity contribution in [1.29, 1.82) is 0 Å². The summed E-state index contributed by atoms with van der Waals surface area (Å²) in [5, 5.41) is 3.63. The quantitative estimate of drug-likeness (QED) is 0.618. The molecule has 1 N–H and O–H groups in total. The van der Waals surface area contributed by atoms with Gasteiger partial charge in [0.1, 0.15) is 0 Å². The fourth-order valence-electron chi connectivity index (χ4n) is 2.57. The van der Waals surface area contributed by atoms with Crippen LogP contribution in [0.15, 0.2) is 15.9 Å². The Morgan fingerprint density at radius 3 is 2.59 bits per heavy atom. The summed E-state index contributed by atoms with van der Waals surface area (Å²) in [6, 6.07) is 4.37. The maximum absolute atomic E-state index is 3.63. The maximum atomic E-state index is 3.63. The number of hydrogen-bond acceptors (Lipinski definition) is 2. The van der Waals surface area contributed by atoms with Crippen LogP contribution in [-0.2, 0) is 6.42 Å². The number of halogens is 1. The molecule has 0 radical (unpaired) electrons. The average molecular weight is 316 g/mol. The molecule has 0 atom stereocenters. The van der Waals surface area contributed by atoms with E-state index < -0.39 is 0 Å². The lowest BCUT2D eigenvalue weighted by atomic mass is 10.0. The Morgan fingerprint density at radius 1 is 1.18 bits per heavy atom. The summed E-state index contributed by atoms with van der Waals surface area (Å²) in [4.78, 5) is 1.48. The summed E-state index contributed by atoms with van der Waals surface area (Å²) >= 11 is 5.36. The largest absolute Gasteiger partial charge is 0.316 e. The van der Waals surface area contributed by atoms with Crippen molar-refractivity contribution in [3.63, 3.8) is 0 Å². The van der Waals surface area contributed by atoms with E-state index >= 15 is 0 Å². The van der Waals surface area contributed by atoms with Crippen LogP contribution >= 0.6 is 27.3 Å². The Labute approximate surface area is 117 Å². The monoisotopic (exact) mass is 315 g/mol. The van der Waals surface area contributed by atoms with Crippen LogP contribution in [0.25, 0.3) is 0 Å². The van der Waals surface area contributed by atoms with E-state index in [4.69, 9.17) is 0 Å². The minimum atomic E-state index is 0.938. The van der Waals surface area contributed by atoms with Gasteiger partial charge in [-0.15, -0.1) is 11.3 Å². The maximum Gasteiger partial charge on any atom is 0.0701 e. The summed E-state index contributed by atoms with van der Waals surface area (Å²) in [5.74, 6) is 0.938. The molecule has 0 aromatic carbocycles. The number of thiophene rings is 1. The first kappa shape index (κ1) is 13.6. The van der Waals surface area contributed by atoms with E-state index in [1.807, 2.05) is 11.3 Å². The Balaban J connectivity index is 1.59. The Kier molecular flexibility index (Phi) is 6.02. The second-order valence-electron chi connectivity index (χ2n) is 5.02. The van der Waals surface area contributed by atoms with E-state index in [0.717, 1.165) is 12.5 Å². The van der Waals surface area contributed by atoms with Crippen LogP contribution in [0.2, 0.25) is 0 Å². The first-order valence-corrected chi connectivity index (χ1v) is 8.40. The predicted octanol–water partition coefficient (Wildman–Crippen LogP) is 4.61. The molecule has 1 aliphatic carbocycles. The highest BCUT2D eigenvalue weighted by Crippen LogP contribution is 2.23. The zero-order valence-corrected chi connectivity index (χ0v) is 12.8. The minimum absolute atomic E-state index is 0.938. The molecule has 1 heterocycles. The van der Waals surface area contributed by atoms with Gasteiger partial charge in [0.25, 0.3) is 0 Å². The van der Waals surface area contributed by atoms with Gasteiger partial charge < -0.3 is 5.32 Å². The van der Waals surface area contributed by atoms with E-state index in [-0.39, 0.29) is 0 Å². The average Bonchev–Trinajstić information content (AvgIpc) is 2.59. The summed E-state index contributed by atoms with van der Waals surface area (Å²) in [6.07, 6.45) is 9.87. The van der Waals surface area contributed by atoms with Gasteiger partial charge in [-0.05, 0) is 66.3 Å². The van der Waals surface area contributed by atoms with Crippen LogP contribution in [0.3, 0.4) is 0 Å². The number of hydrogen-bond donors (Lipinski definition) is 1. The first-order valence-electron chi connectivity index (χ1n) is 6.79. The van der Waals surface area contributed by atoms with Crippen LogP contribution in [0.4, 0.5) is 0 Å². The molecule has 0 saturated heterocycles. The zero-order valence-electron chi connectivity index (χ0n) is 10.4. The van der Waals surface area contributed by atoms with Crippen molar-refractivity contribution in [3.8, 4) is 0 Å². The fourth-order valence-corrected chi connectivity index (χ4v) is 4.05. The third kappa shape index (κ3) is 5.11. The SMILES string of the molecule is Brc1ccc(CCNCC2CCCCCC2)s1. The molecule has 1 aliphatic rings. The third-order valence-electron chi connectivity index (χ3n) is 3.58. The van der Waals surface area contributed by atoms with Crippen molar-refractivity contribution in [2.75, 3.05) is 13.1 Å². The van der Waals surface area contributed by atoms with E-state index in [2.05, 4.69) is 33.4 Å². The summed E-state index contributed by atoms with van der Waals surface area (Å²) in [5.41, 5.74) is 0. The van der Waals surface area contributed by atoms with Crippen molar-refractivity contribution < 1.29 is 0 Å². The number of nitrogens with one attached hydrogen (secondary N) is 1. The second kappa shape index (κ2) is 7.55. The van der Waals surface area contributed by atoms with Crippen LogP contribution in [0, 0.1) is 5.92 Å². The van der Waals surface area contributed by atoms with E-state index in [1.165, 1.54) is 60.2 Å². The van der Waals surface area contributed by atoms with E-state index in [0.29, 0.717) is 0 Å². The molecular formula is C14H22BrNS. The van der Waals surface area contributed by atoms with Gasteiger partial charge in [0.15, 0.2) is 0 Å². The van der Waals surface area contributed by atoms with Gasteiger partial charge in [-0.25, -0.2) is 0 Å². The van der Waals surface area contributed by atoms with Crippen LogP contribution < -0.4 is 5.32 Å². The van der Waals surface area contributed by atoms with Gasteiger partial charge in [-0.3, -0.25) is 0 Å². The second-order valence-corrected chi connectivity index (χ2v) is 7.57. The van der Waals surface area contributed by atoms with Crippen LogP contribution in [0.1, 0.15) is 43.4 Å². The lowest BCUT2D eigenvalue weighted by Crippen LogP contribution is -2.24. The molecule has 1 saturated carbocycles. The summed E-state index contributed by atoms with van der Waals surface area (Å²) in [6.45, 7) is 2.36. The molecule has 0 bridgehead atoms. The summed E-state index contributed by atoms with van der Waals surface area (Å²) < 4.78 is 1.25. The van der Waals surface area contributed by atoms with Gasteiger partial charge in [-0.1, -0.05) is 25.7 Å². The zero-order chi connectivity index (χ0) is 11.9.